The van der Waals surface area contributed by atoms with Crippen molar-refractivity contribution in [1.82, 2.24) is 4.98 Å². The third kappa shape index (κ3) is 2.68. The van der Waals surface area contributed by atoms with Gasteiger partial charge in [-0.1, -0.05) is 17.7 Å². The van der Waals surface area contributed by atoms with Crippen LogP contribution in [0, 0.1) is 6.92 Å². The maximum Gasteiger partial charge on any atom is 0.126 e. The van der Waals surface area contributed by atoms with Crippen LogP contribution in [0.5, 0.6) is 0 Å². The van der Waals surface area contributed by atoms with Crippen molar-refractivity contribution in [2.24, 2.45) is 0 Å². The highest BCUT2D eigenvalue weighted by Crippen LogP contribution is 2.24. The lowest BCUT2D eigenvalue weighted by atomic mass is 10.1. The van der Waals surface area contributed by atoms with Gasteiger partial charge in [0.25, 0.3) is 0 Å². The molecule has 0 bridgehead atoms. The van der Waals surface area contributed by atoms with Gasteiger partial charge in [0, 0.05) is 17.0 Å². The number of benzene rings is 1. The Morgan fingerprint density at radius 3 is 2.76 bits per heavy atom. The van der Waals surface area contributed by atoms with Crippen molar-refractivity contribution >= 4 is 28.3 Å². The maximum atomic E-state index is 9.21. The molecule has 0 saturated carbocycles. The third-order valence-electron chi connectivity index (χ3n) is 2.63. The van der Waals surface area contributed by atoms with Gasteiger partial charge in [0.15, 0.2) is 0 Å². The summed E-state index contributed by atoms with van der Waals surface area (Å²) in [5.41, 5.74) is 1.87. The minimum absolute atomic E-state index is 0.395. The molecule has 0 unspecified atom stereocenters. The summed E-state index contributed by atoms with van der Waals surface area (Å²) < 4.78 is 0. The van der Waals surface area contributed by atoms with Gasteiger partial charge in [0.05, 0.1) is 11.6 Å². The van der Waals surface area contributed by atoms with Crippen molar-refractivity contribution in [3.8, 4) is 0 Å². The van der Waals surface area contributed by atoms with Crippen molar-refractivity contribution in [3.05, 3.63) is 34.9 Å². The van der Waals surface area contributed by atoms with Crippen LogP contribution in [0.25, 0.3) is 10.9 Å². The van der Waals surface area contributed by atoms with Gasteiger partial charge in [-0.2, -0.15) is 0 Å². The smallest absolute Gasteiger partial charge is 0.126 e. The Morgan fingerprint density at radius 2 is 2.06 bits per heavy atom. The van der Waals surface area contributed by atoms with E-state index in [4.69, 9.17) is 11.6 Å². The molecule has 2 N–H and O–H groups in total. The first kappa shape index (κ1) is 12.1. The van der Waals surface area contributed by atoms with Gasteiger partial charge >= 0.3 is 0 Å². The Morgan fingerprint density at radius 1 is 1.35 bits per heavy atom. The predicted octanol–water partition coefficient (Wildman–Crippen LogP) is 2.99. The van der Waals surface area contributed by atoms with Gasteiger partial charge in [0.1, 0.15) is 5.82 Å². The summed E-state index contributed by atoms with van der Waals surface area (Å²) in [6, 6.07) is 7.73. The lowest BCUT2D eigenvalue weighted by molar-refractivity contribution is 0.208. The molecule has 0 spiro atoms. The van der Waals surface area contributed by atoms with Crippen LogP contribution < -0.4 is 5.32 Å². The van der Waals surface area contributed by atoms with E-state index in [0.29, 0.717) is 6.54 Å². The molecule has 90 valence electrons. The number of hydrogen-bond donors (Lipinski definition) is 2. The quantitative estimate of drug-likeness (QED) is 0.880. The Bertz CT molecular complexity index is 540. The molecule has 2 rings (SSSR count). The lowest BCUT2D eigenvalue weighted by Gasteiger charge is -2.09. The third-order valence-corrected chi connectivity index (χ3v) is 3.04. The summed E-state index contributed by atoms with van der Waals surface area (Å²) in [7, 11) is 0. The normalized spacial score (nSPS) is 12.7. The van der Waals surface area contributed by atoms with E-state index >= 15 is 0 Å². The number of anilines is 1. The molecule has 0 aliphatic heterocycles. The number of nitrogens with one attached hydrogen (secondary N) is 1. The fraction of sp³-hybridized carbons (Fsp3) is 0.308. The van der Waals surface area contributed by atoms with Gasteiger partial charge in [-0.25, -0.2) is 4.98 Å². The SMILES string of the molecule is Cc1c(Cl)ccc2ccc(NC[C@H](C)O)nc12. The minimum Gasteiger partial charge on any atom is -0.392 e. The highest BCUT2D eigenvalue weighted by Gasteiger charge is 2.04. The second kappa shape index (κ2) is 4.90. The Labute approximate surface area is 105 Å². The van der Waals surface area contributed by atoms with Crippen molar-refractivity contribution in [3.63, 3.8) is 0 Å². The number of aliphatic hydroxyl groups is 1. The molecule has 1 atom stereocenters. The number of aliphatic hydroxyl groups excluding tert-OH is 1. The van der Waals surface area contributed by atoms with E-state index in [0.717, 1.165) is 27.3 Å². The van der Waals surface area contributed by atoms with Gasteiger partial charge in [-0.15, -0.1) is 0 Å². The average molecular weight is 251 g/mol. The molecule has 0 radical (unpaired) electrons. The second-order valence-electron chi connectivity index (χ2n) is 4.17. The molecular weight excluding hydrogens is 236 g/mol. The van der Waals surface area contributed by atoms with Gasteiger partial charge in [0.2, 0.25) is 0 Å². The van der Waals surface area contributed by atoms with E-state index in [1.807, 2.05) is 31.2 Å². The lowest BCUT2D eigenvalue weighted by Crippen LogP contribution is -2.15. The summed E-state index contributed by atoms with van der Waals surface area (Å²) >= 11 is 6.07. The number of pyridine rings is 1. The van der Waals surface area contributed by atoms with Crippen LogP contribution in [-0.2, 0) is 0 Å². The molecule has 1 aromatic heterocycles. The molecule has 0 aliphatic carbocycles. The van der Waals surface area contributed by atoms with E-state index in [1.165, 1.54) is 0 Å². The largest absolute Gasteiger partial charge is 0.392 e. The average Bonchev–Trinajstić information content (AvgIpc) is 2.31. The van der Waals surface area contributed by atoms with Crippen LogP contribution >= 0.6 is 11.6 Å². The van der Waals surface area contributed by atoms with E-state index in [1.54, 1.807) is 6.92 Å². The monoisotopic (exact) mass is 250 g/mol. The van der Waals surface area contributed by atoms with E-state index in [9.17, 15) is 5.11 Å². The molecule has 17 heavy (non-hydrogen) atoms. The molecule has 1 aromatic carbocycles. The highest BCUT2D eigenvalue weighted by molar-refractivity contribution is 6.32. The van der Waals surface area contributed by atoms with Crippen molar-refractivity contribution in [1.29, 1.82) is 0 Å². The Hall–Kier alpha value is -1.32. The second-order valence-corrected chi connectivity index (χ2v) is 4.58. The number of halogens is 1. The molecule has 0 aliphatic rings. The van der Waals surface area contributed by atoms with E-state index in [-0.39, 0.29) is 0 Å². The zero-order valence-electron chi connectivity index (χ0n) is 9.87. The first-order valence-corrected chi connectivity index (χ1v) is 5.93. The predicted molar refractivity (Wildman–Crippen MR) is 71.7 cm³/mol. The molecule has 4 heteroatoms. The zero-order valence-corrected chi connectivity index (χ0v) is 10.6. The van der Waals surface area contributed by atoms with Crippen molar-refractivity contribution in [2.75, 3.05) is 11.9 Å². The Balaban J connectivity index is 2.38. The number of aryl methyl sites for hydroxylation is 1. The fourth-order valence-electron chi connectivity index (χ4n) is 1.66. The fourth-order valence-corrected chi connectivity index (χ4v) is 1.81. The first-order chi connectivity index (χ1) is 8.08. The summed E-state index contributed by atoms with van der Waals surface area (Å²) in [5, 5.41) is 14.1. The molecule has 3 nitrogen and oxygen atoms in total. The summed E-state index contributed by atoms with van der Waals surface area (Å²) in [5.74, 6) is 0.753. The van der Waals surface area contributed by atoms with Gasteiger partial charge < -0.3 is 10.4 Å². The van der Waals surface area contributed by atoms with E-state index < -0.39 is 6.10 Å². The number of hydrogen-bond acceptors (Lipinski definition) is 3. The van der Waals surface area contributed by atoms with E-state index in [2.05, 4.69) is 10.3 Å². The van der Waals surface area contributed by atoms with Crippen LogP contribution in [0.15, 0.2) is 24.3 Å². The van der Waals surface area contributed by atoms with Crippen LogP contribution in [0.1, 0.15) is 12.5 Å². The summed E-state index contributed by atoms with van der Waals surface area (Å²) in [6.07, 6.45) is -0.395. The highest BCUT2D eigenvalue weighted by atomic mass is 35.5. The molecule has 1 heterocycles. The standard InChI is InChI=1S/C13H15ClN2O/c1-8(17)7-15-12-6-4-10-3-5-11(14)9(2)13(10)16-12/h3-6,8,17H,7H2,1-2H3,(H,15,16)/t8-/m0/s1. The molecule has 0 fully saturated rings. The number of fused-ring (bicyclic) bond motifs is 1. The van der Waals surface area contributed by atoms with Crippen molar-refractivity contribution < 1.29 is 5.11 Å². The topological polar surface area (TPSA) is 45.1 Å². The number of aromatic nitrogens is 1. The van der Waals surface area contributed by atoms with Gasteiger partial charge in [-0.05, 0) is 37.6 Å². The molecule has 0 amide bonds. The van der Waals surface area contributed by atoms with Crippen molar-refractivity contribution in [2.45, 2.75) is 20.0 Å². The Kier molecular flexibility index (Phi) is 3.50. The van der Waals surface area contributed by atoms with Crippen LogP contribution in [0.3, 0.4) is 0 Å². The molecule has 2 aromatic rings. The maximum absolute atomic E-state index is 9.21. The van der Waals surface area contributed by atoms with Crippen LogP contribution in [0.2, 0.25) is 5.02 Å². The van der Waals surface area contributed by atoms with Crippen LogP contribution in [0.4, 0.5) is 5.82 Å². The zero-order chi connectivity index (χ0) is 12.4. The number of rotatable bonds is 3. The summed E-state index contributed by atoms with van der Waals surface area (Å²) in [4.78, 5) is 4.50. The molecular formula is C13H15ClN2O. The van der Waals surface area contributed by atoms with Gasteiger partial charge in [-0.3, -0.25) is 0 Å². The minimum atomic E-state index is -0.395. The van der Waals surface area contributed by atoms with Crippen LogP contribution in [-0.4, -0.2) is 22.7 Å². The molecule has 0 saturated heterocycles. The first-order valence-electron chi connectivity index (χ1n) is 5.55. The summed E-state index contributed by atoms with van der Waals surface area (Å²) in [6.45, 7) is 4.17. The number of nitrogens with zero attached hydrogens (tertiary/aromatic N) is 1.